The predicted molar refractivity (Wildman–Crippen MR) is 77.8 cm³/mol. The summed E-state index contributed by atoms with van der Waals surface area (Å²) in [7, 11) is 0. The van der Waals surface area contributed by atoms with Crippen molar-refractivity contribution in [1.82, 2.24) is 0 Å². The van der Waals surface area contributed by atoms with Crippen LogP contribution >= 0.6 is 0 Å². The number of nitrogens with two attached hydrogens (primary N) is 1. The molecule has 1 aliphatic rings. The van der Waals surface area contributed by atoms with E-state index in [0.717, 1.165) is 12.8 Å². The van der Waals surface area contributed by atoms with E-state index in [9.17, 15) is 4.79 Å². The van der Waals surface area contributed by atoms with E-state index in [1.807, 2.05) is 0 Å². The van der Waals surface area contributed by atoms with Crippen LogP contribution in [-0.4, -0.2) is 5.78 Å². The van der Waals surface area contributed by atoms with Gasteiger partial charge in [-0.1, -0.05) is 36.4 Å². The molecule has 2 aromatic rings. The third-order valence-electron chi connectivity index (χ3n) is 4.25. The van der Waals surface area contributed by atoms with Crippen molar-refractivity contribution in [2.75, 3.05) is 0 Å². The molecule has 98 valence electrons. The molecule has 1 atom stereocenters. The van der Waals surface area contributed by atoms with Crippen LogP contribution in [0.15, 0.2) is 42.5 Å². The number of hydrogen-bond acceptors (Lipinski definition) is 2. The van der Waals surface area contributed by atoms with E-state index in [4.69, 9.17) is 5.73 Å². The van der Waals surface area contributed by atoms with Gasteiger partial charge in [0.2, 0.25) is 0 Å². The van der Waals surface area contributed by atoms with E-state index in [1.165, 1.54) is 16.3 Å². The molecule has 0 heterocycles. The minimum Gasteiger partial charge on any atom is -0.324 e. The molecule has 2 aromatic carbocycles. The lowest BCUT2D eigenvalue weighted by molar-refractivity contribution is -0.121. The number of rotatable bonds is 2. The minimum absolute atomic E-state index is 0.0534. The number of ketones is 1. The number of Topliss-reactive ketones (excluding diaryl/α,β-unsaturated/α-hetero) is 1. The Morgan fingerprint density at radius 2 is 1.68 bits per heavy atom. The van der Waals surface area contributed by atoms with E-state index in [1.54, 1.807) is 0 Å². The van der Waals surface area contributed by atoms with Gasteiger partial charge in [-0.3, -0.25) is 4.79 Å². The van der Waals surface area contributed by atoms with Crippen molar-refractivity contribution >= 4 is 16.6 Å². The van der Waals surface area contributed by atoms with E-state index < -0.39 is 0 Å². The van der Waals surface area contributed by atoms with Crippen LogP contribution in [0.5, 0.6) is 0 Å². The van der Waals surface area contributed by atoms with Crippen molar-refractivity contribution in [1.29, 1.82) is 0 Å². The third kappa shape index (κ3) is 2.54. The van der Waals surface area contributed by atoms with Crippen LogP contribution < -0.4 is 5.73 Å². The first-order valence-electron chi connectivity index (χ1n) is 7.00. The average molecular weight is 253 g/mol. The fourth-order valence-corrected chi connectivity index (χ4v) is 3.01. The van der Waals surface area contributed by atoms with Crippen molar-refractivity contribution < 1.29 is 4.79 Å². The van der Waals surface area contributed by atoms with E-state index >= 15 is 0 Å². The lowest BCUT2D eigenvalue weighted by Crippen LogP contribution is -2.26. The van der Waals surface area contributed by atoms with Crippen LogP contribution in [0.1, 0.15) is 37.3 Å². The topological polar surface area (TPSA) is 43.1 Å². The number of benzene rings is 2. The van der Waals surface area contributed by atoms with Gasteiger partial charge in [0.25, 0.3) is 0 Å². The molecule has 0 spiro atoms. The summed E-state index contributed by atoms with van der Waals surface area (Å²) in [5.41, 5.74) is 7.59. The Morgan fingerprint density at radius 3 is 2.42 bits per heavy atom. The molecule has 0 radical (unpaired) electrons. The smallest absolute Gasteiger partial charge is 0.132 e. The van der Waals surface area contributed by atoms with Crippen LogP contribution in [0.4, 0.5) is 0 Å². The van der Waals surface area contributed by atoms with Crippen molar-refractivity contribution in [3.05, 3.63) is 48.0 Å². The molecule has 3 rings (SSSR count). The van der Waals surface area contributed by atoms with E-state index in [2.05, 4.69) is 42.5 Å². The Morgan fingerprint density at radius 1 is 1.00 bits per heavy atom. The quantitative estimate of drug-likeness (QED) is 0.888. The molecule has 1 fully saturated rings. The molecular weight excluding hydrogens is 234 g/mol. The SMILES string of the molecule is NC(c1ccc2ccccc2c1)C1CCC(=O)CC1. The fraction of sp³-hybridized carbons (Fsp3) is 0.353. The van der Waals surface area contributed by atoms with Gasteiger partial charge in [-0.05, 0) is 41.2 Å². The van der Waals surface area contributed by atoms with Gasteiger partial charge < -0.3 is 5.73 Å². The maximum Gasteiger partial charge on any atom is 0.132 e. The van der Waals surface area contributed by atoms with Crippen molar-refractivity contribution in [2.24, 2.45) is 11.7 Å². The zero-order valence-corrected chi connectivity index (χ0v) is 11.0. The van der Waals surface area contributed by atoms with Gasteiger partial charge in [0.05, 0.1) is 0 Å². The first-order valence-corrected chi connectivity index (χ1v) is 7.00. The predicted octanol–water partition coefficient (Wildman–Crippen LogP) is 3.60. The number of carbonyl (C=O) groups is 1. The van der Waals surface area contributed by atoms with Crippen LogP contribution in [-0.2, 0) is 4.79 Å². The van der Waals surface area contributed by atoms with Crippen molar-refractivity contribution in [2.45, 2.75) is 31.7 Å². The summed E-state index contributed by atoms with van der Waals surface area (Å²) in [6.45, 7) is 0. The molecular formula is C17H19NO. The number of carbonyl (C=O) groups excluding carboxylic acids is 1. The van der Waals surface area contributed by atoms with Gasteiger partial charge in [-0.2, -0.15) is 0 Å². The first-order chi connectivity index (χ1) is 9.24. The summed E-state index contributed by atoms with van der Waals surface area (Å²) in [6, 6.07) is 14.8. The van der Waals surface area contributed by atoms with Gasteiger partial charge in [-0.15, -0.1) is 0 Å². The summed E-state index contributed by atoms with van der Waals surface area (Å²) >= 11 is 0. The van der Waals surface area contributed by atoms with Crippen LogP contribution in [0, 0.1) is 5.92 Å². The second-order valence-corrected chi connectivity index (χ2v) is 5.51. The van der Waals surface area contributed by atoms with E-state index in [-0.39, 0.29) is 6.04 Å². The Hall–Kier alpha value is -1.67. The molecule has 2 heteroatoms. The first kappa shape index (κ1) is 12.4. The van der Waals surface area contributed by atoms with Gasteiger partial charge in [0, 0.05) is 18.9 Å². The highest BCUT2D eigenvalue weighted by atomic mass is 16.1. The van der Waals surface area contributed by atoms with Gasteiger partial charge in [0.1, 0.15) is 5.78 Å². The zero-order chi connectivity index (χ0) is 13.2. The molecule has 1 unspecified atom stereocenters. The van der Waals surface area contributed by atoms with Crippen LogP contribution in [0.3, 0.4) is 0 Å². The van der Waals surface area contributed by atoms with Crippen LogP contribution in [0.2, 0.25) is 0 Å². The molecule has 1 saturated carbocycles. The standard InChI is InChI=1S/C17H19NO/c18-17(13-7-9-16(19)10-8-13)15-6-5-12-3-1-2-4-14(12)11-15/h1-6,11,13,17H,7-10,18H2. The largest absolute Gasteiger partial charge is 0.324 e. The highest BCUT2D eigenvalue weighted by Crippen LogP contribution is 2.32. The molecule has 0 saturated heterocycles. The molecule has 0 amide bonds. The lowest BCUT2D eigenvalue weighted by atomic mass is 9.81. The monoisotopic (exact) mass is 253 g/mol. The maximum absolute atomic E-state index is 11.3. The van der Waals surface area contributed by atoms with Gasteiger partial charge in [-0.25, -0.2) is 0 Å². The second kappa shape index (κ2) is 5.14. The maximum atomic E-state index is 11.3. The molecule has 1 aliphatic carbocycles. The Kier molecular flexibility index (Phi) is 3.34. The fourth-order valence-electron chi connectivity index (χ4n) is 3.01. The second-order valence-electron chi connectivity index (χ2n) is 5.51. The normalized spacial score (nSPS) is 18.7. The van der Waals surface area contributed by atoms with Crippen molar-refractivity contribution in [3.8, 4) is 0 Å². The number of fused-ring (bicyclic) bond motifs is 1. The summed E-state index contributed by atoms with van der Waals surface area (Å²) in [4.78, 5) is 11.3. The Bertz CT molecular complexity index is 595. The summed E-state index contributed by atoms with van der Waals surface area (Å²) in [5.74, 6) is 0.834. The highest BCUT2D eigenvalue weighted by molar-refractivity contribution is 5.83. The molecule has 0 aliphatic heterocycles. The summed E-state index contributed by atoms with van der Waals surface area (Å²) < 4.78 is 0. The number of hydrogen-bond donors (Lipinski definition) is 1. The molecule has 2 N–H and O–H groups in total. The Balaban J connectivity index is 1.84. The van der Waals surface area contributed by atoms with E-state index in [0.29, 0.717) is 24.5 Å². The molecule has 19 heavy (non-hydrogen) atoms. The zero-order valence-electron chi connectivity index (χ0n) is 11.0. The minimum atomic E-state index is 0.0534. The highest BCUT2D eigenvalue weighted by Gasteiger charge is 2.25. The lowest BCUT2D eigenvalue weighted by Gasteiger charge is -2.27. The summed E-state index contributed by atoms with van der Waals surface area (Å²) in [6.07, 6.45) is 3.28. The molecule has 0 bridgehead atoms. The average Bonchev–Trinajstić information content (AvgIpc) is 2.47. The molecule has 2 nitrogen and oxygen atoms in total. The van der Waals surface area contributed by atoms with Crippen LogP contribution in [0.25, 0.3) is 10.8 Å². The Labute approximate surface area is 113 Å². The van der Waals surface area contributed by atoms with Gasteiger partial charge in [0.15, 0.2) is 0 Å². The van der Waals surface area contributed by atoms with Gasteiger partial charge >= 0.3 is 0 Å². The molecule has 0 aromatic heterocycles. The summed E-state index contributed by atoms with van der Waals surface area (Å²) in [5, 5.41) is 2.49. The van der Waals surface area contributed by atoms with Crippen molar-refractivity contribution in [3.63, 3.8) is 0 Å². The third-order valence-corrected chi connectivity index (χ3v) is 4.25.